The molecule has 0 aliphatic heterocycles. The third-order valence-corrected chi connectivity index (χ3v) is 4.01. The predicted octanol–water partition coefficient (Wildman–Crippen LogP) is 3.60. The SMILES string of the molecule is Cc1nn(-c2ccccc2)c(N/N=C\c2ccc(N(C)C)cc2)c1[N+](=O)[O-]. The molecule has 0 saturated heterocycles. The summed E-state index contributed by atoms with van der Waals surface area (Å²) in [5, 5.41) is 19.9. The molecular weight excluding hydrogens is 344 g/mol. The molecule has 138 valence electrons. The molecule has 1 heterocycles. The lowest BCUT2D eigenvalue weighted by atomic mass is 10.2. The molecule has 0 amide bonds. The predicted molar refractivity (Wildman–Crippen MR) is 107 cm³/mol. The van der Waals surface area contributed by atoms with Gasteiger partial charge in [0.1, 0.15) is 5.69 Å². The van der Waals surface area contributed by atoms with Gasteiger partial charge in [0.2, 0.25) is 5.82 Å². The third kappa shape index (κ3) is 3.95. The standard InChI is InChI=1S/C19H20N6O2/c1-14-18(25(26)27)19(24(22-14)17-7-5-4-6-8-17)21-20-13-15-9-11-16(12-10-15)23(2)3/h4-13,21H,1-3H3/b20-13-. The Balaban J connectivity index is 1.90. The molecule has 0 aliphatic carbocycles. The number of anilines is 2. The molecule has 2 aromatic carbocycles. The zero-order valence-corrected chi connectivity index (χ0v) is 15.3. The van der Waals surface area contributed by atoms with Crippen molar-refractivity contribution in [2.75, 3.05) is 24.4 Å². The van der Waals surface area contributed by atoms with E-state index in [2.05, 4.69) is 15.6 Å². The van der Waals surface area contributed by atoms with Crippen molar-refractivity contribution in [3.05, 3.63) is 76.0 Å². The molecule has 8 nitrogen and oxygen atoms in total. The highest BCUT2D eigenvalue weighted by Gasteiger charge is 2.25. The molecule has 1 N–H and O–H groups in total. The highest BCUT2D eigenvalue weighted by molar-refractivity contribution is 5.81. The minimum absolute atomic E-state index is 0.0982. The van der Waals surface area contributed by atoms with Crippen molar-refractivity contribution in [3.8, 4) is 5.69 Å². The first-order chi connectivity index (χ1) is 13.0. The van der Waals surface area contributed by atoms with Gasteiger partial charge in [0.15, 0.2) is 0 Å². The van der Waals surface area contributed by atoms with Crippen molar-refractivity contribution in [2.45, 2.75) is 6.92 Å². The van der Waals surface area contributed by atoms with Gasteiger partial charge < -0.3 is 4.90 Å². The Morgan fingerprint density at radius 2 is 1.81 bits per heavy atom. The first kappa shape index (κ1) is 18.1. The Morgan fingerprint density at radius 3 is 2.41 bits per heavy atom. The maximum atomic E-state index is 11.5. The highest BCUT2D eigenvalue weighted by Crippen LogP contribution is 2.30. The molecule has 8 heteroatoms. The van der Waals surface area contributed by atoms with Crippen LogP contribution in [0.3, 0.4) is 0 Å². The average Bonchev–Trinajstić information content (AvgIpc) is 2.99. The van der Waals surface area contributed by atoms with Gasteiger partial charge in [0.25, 0.3) is 0 Å². The van der Waals surface area contributed by atoms with Gasteiger partial charge in [-0.05, 0) is 36.8 Å². The molecule has 27 heavy (non-hydrogen) atoms. The monoisotopic (exact) mass is 364 g/mol. The number of aryl methyl sites for hydroxylation is 1. The Bertz CT molecular complexity index is 962. The first-order valence-corrected chi connectivity index (χ1v) is 8.33. The molecule has 3 aromatic rings. The van der Waals surface area contributed by atoms with Crippen molar-refractivity contribution < 1.29 is 4.92 Å². The lowest BCUT2D eigenvalue weighted by Gasteiger charge is -2.11. The number of hydrogen-bond acceptors (Lipinski definition) is 6. The Labute approximate surface area is 156 Å². The van der Waals surface area contributed by atoms with Crippen molar-refractivity contribution in [1.29, 1.82) is 0 Å². The maximum absolute atomic E-state index is 11.5. The van der Waals surface area contributed by atoms with E-state index in [1.165, 1.54) is 4.68 Å². The van der Waals surface area contributed by atoms with Crippen LogP contribution in [0.15, 0.2) is 59.7 Å². The summed E-state index contributed by atoms with van der Waals surface area (Å²) in [6, 6.07) is 17.0. The van der Waals surface area contributed by atoms with Crippen molar-refractivity contribution in [3.63, 3.8) is 0 Å². The number of para-hydroxylation sites is 1. The number of nitro groups is 1. The number of nitrogens with one attached hydrogen (secondary N) is 1. The van der Waals surface area contributed by atoms with Gasteiger partial charge in [-0.3, -0.25) is 15.5 Å². The Kier molecular flexibility index (Phi) is 5.16. The van der Waals surface area contributed by atoms with Crippen molar-refractivity contribution in [1.82, 2.24) is 9.78 Å². The van der Waals surface area contributed by atoms with Crippen molar-refractivity contribution in [2.24, 2.45) is 5.10 Å². The molecule has 0 radical (unpaired) electrons. The minimum atomic E-state index is -0.453. The summed E-state index contributed by atoms with van der Waals surface area (Å²) in [6.45, 7) is 1.60. The summed E-state index contributed by atoms with van der Waals surface area (Å²) >= 11 is 0. The molecule has 0 aliphatic rings. The largest absolute Gasteiger partial charge is 0.378 e. The average molecular weight is 364 g/mol. The number of benzene rings is 2. The zero-order chi connectivity index (χ0) is 19.4. The second-order valence-electron chi connectivity index (χ2n) is 6.14. The second-order valence-corrected chi connectivity index (χ2v) is 6.14. The van der Waals surface area contributed by atoms with Crippen LogP contribution >= 0.6 is 0 Å². The van der Waals surface area contributed by atoms with Gasteiger partial charge in [-0.15, -0.1) is 0 Å². The summed E-state index contributed by atoms with van der Waals surface area (Å²) < 4.78 is 1.49. The van der Waals surface area contributed by atoms with Crippen LogP contribution in [0.1, 0.15) is 11.3 Å². The molecule has 0 bridgehead atoms. The Morgan fingerprint density at radius 1 is 1.15 bits per heavy atom. The number of nitrogens with zero attached hydrogens (tertiary/aromatic N) is 5. The number of hydrazone groups is 1. The first-order valence-electron chi connectivity index (χ1n) is 8.33. The van der Waals surface area contributed by atoms with Gasteiger partial charge >= 0.3 is 5.69 Å². The van der Waals surface area contributed by atoms with E-state index < -0.39 is 4.92 Å². The zero-order valence-electron chi connectivity index (χ0n) is 15.3. The van der Waals surface area contributed by atoms with E-state index in [1.54, 1.807) is 13.1 Å². The van der Waals surface area contributed by atoms with Crippen LogP contribution in [0.5, 0.6) is 0 Å². The minimum Gasteiger partial charge on any atom is -0.378 e. The van der Waals surface area contributed by atoms with E-state index in [-0.39, 0.29) is 11.5 Å². The fourth-order valence-corrected chi connectivity index (χ4v) is 2.62. The molecular formula is C19H20N6O2. The third-order valence-electron chi connectivity index (χ3n) is 4.01. The van der Waals surface area contributed by atoms with Crippen LogP contribution < -0.4 is 10.3 Å². The van der Waals surface area contributed by atoms with E-state index in [1.807, 2.05) is 73.6 Å². The van der Waals surface area contributed by atoms with Gasteiger partial charge in [0.05, 0.1) is 16.8 Å². The van der Waals surface area contributed by atoms with Crippen LogP contribution in [-0.2, 0) is 0 Å². The van der Waals surface area contributed by atoms with Crippen LogP contribution in [0.25, 0.3) is 5.69 Å². The smallest absolute Gasteiger partial charge is 0.335 e. The number of hydrogen-bond donors (Lipinski definition) is 1. The van der Waals surface area contributed by atoms with Crippen molar-refractivity contribution >= 4 is 23.4 Å². The van der Waals surface area contributed by atoms with E-state index in [0.29, 0.717) is 11.4 Å². The summed E-state index contributed by atoms with van der Waals surface area (Å²) in [5.41, 5.74) is 5.67. The quantitative estimate of drug-likeness (QED) is 0.410. The van der Waals surface area contributed by atoms with Gasteiger partial charge in [-0.2, -0.15) is 10.2 Å². The summed E-state index contributed by atoms with van der Waals surface area (Å²) in [7, 11) is 3.94. The van der Waals surface area contributed by atoms with Crippen LogP contribution in [0.4, 0.5) is 17.2 Å². The van der Waals surface area contributed by atoms with E-state index in [4.69, 9.17) is 0 Å². The van der Waals surface area contributed by atoms with E-state index in [0.717, 1.165) is 11.3 Å². The molecule has 0 saturated carbocycles. The number of rotatable bonds is 6. The van der Waals surface area contributed by atoms with Crippen LogP contribution in [0.2, 0.25) is 0 Å². The summed E-state index contributed by atoms with van der Waals surface area (Å²) in [6.07, 6.45) is 1.61. The van der Waals surface area contributed by atoms with E-state index in [9.17, 15) is 10.1 Å². The van der Waals surface area contributed by atoms with Gasteiger partial charge in [0, 0.05) is 19.8 Å². The molecule has 1 aromatic heterocycles. The molecule has 0 unspecified atom stereocenters. The molecule has 0 fully saturated rings. The normalized spacial score (nSPS) is 10.9. The van der Waals surface area contributed by atoms with Crippen LogP contribution in [0, 0.1) is 17.0 Å². The molecule has 0 spiro atoms. The molecule has 0 atom stereocenters. The maximum Gasteiger partial charge on any atom is 0.335 e. The van der Waals surface area contributed by atoms with E-state index >= 15 is 0 Å². The Hall–Kier alpha value is -3.68. The van der Waals surface area contributed by atoms with Gasteiger partial charge in [-0.25, -0.2) is 4.68 Å². The fourth-order valence-electron chi connectivity index (χ4n) is 2.62. The summed E-state index contributed by atoms with van der Waals surface area (Å²) in [5.74, 6) is 0.213. The molecule has 3 rings (SSSR count). The second kappa shape index (κ2) is 7.69. The highest BCUT2D eigenvalue weighted by atomic mass is 16.6. The van der Waals surface area contributed by atoms with Gasteiger partial charge in [-0.1, -0.05) is 30.3 Å². The lowest BCUT2D eigenvalue weighted by molar-refractivity contribution is -0.384. The lowest BCUT2D eigenvalue weighted by Crippen LogP contribution is -2.08. The fraction of sp³-hybridized carbons (Fsp3) is 0.158. The summed E-state index contributed by atoms with van der Waals surface area (Å²) in [4.78, 5) is 13.0. The number of aromatic nitrogens is 2. The van der Waals surface area contributed by atoms with Crippen LogP contribution in [-0.4, -0.2) is 35.0 Å². The topological polar surface area (TPSA) is 88.6 Å².